The molecule has 0 spiro atoms. The summed E-state index contributed by atoms with van der Waals surface area (Å²) in [7, 11) is 0. The summed E-state index contributed by atoms with van der Waals surface area (Å²) in [5.74, 6) is 1.46. The van der Waals surface area contributed by atoms with E-state index in [1.807, 2.05) is 31.2 Å². The molecule has 0 radical (unpaired) electrons. The normalized spacial score (nSPS) is 10.6. The summed E-state index contributed by atoms with van der Waals surface area (Å²) < 4.78 is 10.6. The van der Waals surface area contributed by atoms with Crippen molar-refractivity contribution in [2.24, 2.45) is 0 Å². The van der Waals surface area contributed by atoms with Crippen molar-refractivity contribution in [1.82, 2.24) is 10.1 Å². The second-order valence-electron chi connectivity index (χ2n) is 5.65. The third kappa shape index (κ3) is 5.21. The molecule has 1 N–H and O–H groups in total. The van der Waals surface area contributed by atoms with Crippen LogP contribution >= 0.6 is 23.2 Å². The van der Waals surface area contributed by atoms with Gasteiger partial charge >= 0.3 is 0 Å². The number of hydrogen-bond donors (Lipinski definition) is 1. The summed E-state index contributed by atoms with van der Waals surface area (Å²) in [5, 5.41) is 7.52. The molecule has 0 fully saturated rings. The standard InChI is InChI=1S/C19H17Cl2N3O3/c1-2-26-14-6-3-12(4-7-14)19-23-18(27-24-19)10-9-17(25)22-13-5-8-15(20)16(21)11-13/h3-8,11H,2,9-10H2,1H3,(H,22,25). The molecule has 0 aliphatic rings. The number of nitrogens with zero attached hydrogens (tertiary/aromatic N) is 2. The summed E-state index contributed by atoms with van der Waals surface area (Å²) in [6.45, 7) is 2.53. The first-order chi connectivity index (χ1) is 13.0. The van der Waals surface area contributed by atoms with Gasteiger partial charge in [-0.2, -0.15) is 4.98 Å². The Balaban J connectivity index is 1.55. The lowest BCUT2D eigenvalue weighted by molar-refractivity contribution is -0.116. The number of hydrogen-bond acceptors (Lipinski definition) is 5. The van der Waals surface area contributed by atoms with Crippen molar-refractivity contribution in [1.29, 1.82) is 0 Å². The predicted molar refractivity (Wildman–Crippen MR) is 104 cm³/mol. The summed E-state index contributed by atoms with van der Waals surface area (Å²) in [6.07, 6.45) is 0.530. The van der Waals surface area contributed by atoms with Gasteiger partial charge in [-0.3, -0.25) is 4.79 Å². The predicted octanol–water partition coefficient (Wildman–Crippen LogP) is 5.01. The van der Waals surface area contributed by atoms with Gasteiger partial charge in [-0.25, -0.2) is 0 Å². The molecule has 0 saturated carbocycles. The van der Waals surface area contributed by atoms with Crippen molar-refractivity contribution in [3.05, 3.63) is 58.4 Å². The average Bonchev–Trinajstić information content (AvgIpc) is 3.13. The maximum atomic E-state index is 12.1. The Morgan fingerprint density at radius 1 is 1.15 bits per heavy atom. The number of halogens is 2. The van der Waals surface area contributed by atoms with Crippen molar-refractivity contribution < 1.29 is 14.1 Å². The third-order valence-electron chi connectivity index (χ3n) is 3.66. The van der Waals surface area contributed by atoms with Crippen LogP contribution in [-0.2, 0) is 11.2 Å². The number of rotatable bonds is 7. The zero-order valence-electron chi connectivity index (χ0n) is 14.5. The molecule has 2 aromatic carbocycles. The van der Waals surface area contributed by atoms with E-state index >= 15 is 0 Å². The van der Waals surface area contributed by atoms with Crippen LogP contribution in [0.25, 0.3) is 11.4 Å². The number of anilines is 1. The number of amides is 1. The summed E-state index contributed by atoms with van der Waals surface area (Å²) in [6, 6.07) is 12.3. The number of aromatic nitrogens is 2. The van der Waals surface area contributed by atoms with Gasteiger partial charge in [0.2, 0.25) is 17.6 Å². The third-order valence-corrected chi connectivity index (χ3v) is 4.40. The fourth-order valence-corrected chi connectivity index (χ4v) is 2.66. The summed E-state index contributed by atoms with van der Waals surface area (Å²) >= 11 is 11.8. The minimum absolute atomic E-state index is 0.186. The van der Waals surface area contributed by atoms with Crippen LogP contribution < -0.4 is 10.1 Å². The largest absolute Gasteiger partial charge is 0.494 e. The van der Waals surface area contributed by atoms with E-state index < -0.39 is 0 Å². The van der Waals surface area contributed by atoms with Crippen molar-refractivity contribution >= 4 is 34.8 Å². The van der Waals surface area contributed by atoms with Crippen LogP contribution in [0.15, 0.2) is 47.0 Å². The van der Waals surface area contributed by atoms with Crippen molar-refractivity contribution in [3.63, 3.8) is 0 Å². The molecule has 1 heterocycles. The van der Waals surface area contributed by atoms with Crippen molar-refractivity contribution in [2.45, 2.75) is 19.8 Å². The molecule has 0 saturated heterocycles. The van der Waals surface area contributed by atoms with E-state index in [9.17, 15) is 4.79 Å². The molecule has 8 heteroatoms. The first-order valence-electron chi connectivity index (χ1n) is 8.36. The zero-order chi connectivity index (χ0) is 19.2. The van der Waals surface area contributed by atoms with E-state index in [1.165, 1.54) is 0 Å². The Morgan fingerprint density at radius 2 is 1.93 bits per heavy atom. The number of nitrogens with one attached hydrogen (secondary N) is 1. The van der Waals surface area contributed by atoms with Gasteiger partial charge in [0.1, 0.15) is 5.75 Å². The van der Waals surface area contributed by atoms with Gasteiger partial charge in [0.05, 0.1) is 16.7 Å². The maximum absolute atomic E-state index is 12.1. The molecule has 1 aromatic heterocycles. The Hall–Kier alpha value is -2.57. The van der Waals surface area contributed by atoms with E-state index in [0.29, 0.717) is 40.5 Å². The summed E-state index contributed by atoms with van der Waals surface area (Å²) in [5.41, 5.74) is 1.39. The van der Waals surface area contributed by atoms with Gasteiger partial charge in [-0.1, -0.05) is 28.4 Å². The van der Waals surface area contributed by atoms with E-state index in [0.717, 1.165) is 11.3 Å². The average molecular weight is 406 g/mol. The van der Waals surface area contributed by atoms with E-state index in [4.69, 9.17) is 32.5 Å². The number of ether oxygens (including phenoxy) is 1. The molecule has 3 rings (SSSR count). The fourth-order valence-electron chi connectivity index (χ4n) is 2.36. The lowest BCUT2D eigenvalue weighted by Crippen LogP contribution is -2.12. The van der Waals surface area contributed by atoms with Gasteiger partial charge in [0.25, 0.3) is 0 Å². The van der Waals surface area contributed by atoms with Crippen molar-refractivity contribution in [2.75, 3.05) is 11.9 Å². The van der Waals surface area contributed by atoms with Crippen LogP contribution in [0, 0.1) is 0 Å². The second kappa shape index (κ2) is 8.88. The number of carbonyl (C=O) groups is 1. The molecular formula is C19H17Cl2N3O3. The van der Waals surface area contributed by atoms with E-state index in [2.05, 4.69) is 15.5 Å². The monoisotopic (exact) mass is 405 g/mol. The molecule has 27 heavy (non-hydrogen) atoms. The van der Waals surface area contributed by atoms with E-state index in [1.54, 1.807) is 18.2 Å². The van der Waals surface area contributed by atoms with Crippen molar-refractivity contribution in [3.8, 4) is 17.1 Å². The Labute approximate surface area is 166 Å². The van der Waals surface area contributed by atoms with Gasteiger partial charge in [0.15, 0.2) is 0 Å². The molecule has 0 bridgehead atoms. The Morgan fingerprint density at radius 3 is 2.63 bits per heavy atom. The molecule has 1 amide bonds. The van der Waals surface area contributed by atoms with Crippen LogP contribution in [0.4, 0.5) is 5.69 Å². The van der Waals surface area contributed by atoms with Crippen LogP contribution in [0.2, 0.25) is 10.0 Å². The van der Waals surface area contributed by atoms with Gasteiger partial charge in [0, 0.05) is 24.1 Å². The highest BCUT2D eigenvalue weighted by Crippen LogP contribution is 2.25. The second-order valence-corrected chi connectivity index (χ2v) is 6.46. The molecule has 6 nitrogen and oxygen atoms in total. The molecular weight excluding hydrogens is 389 g/mol. The minimum Gasteiger partial charge on any atom is -0.494 e. The van der Waals surface area contributed by atoms with Crippen LogP contribution in [0.5, 0.6) is 5.75 Å². The highest BCUT2D eigenvalue weighted by atomic mass is 35.5. The smallest absolute Gasteiger partial charge is 0.227 e. The number of aryl methyl sites for hydroxylation is 1. The topological polar surface area (TPSA) is 77.2 Å². The van der Waals surface area contributed by atoms with Crippen LogP contribution in [-0.4, -0.2) is 22.7 Å². The fraction of sp³-hybridized carbons (Fsp3) is 0.211. The van der Waals surface area contributed by atoms with Crippen LogP contribution in [0.3, 0.4) is 0 Å². The molecule has 0 aliphatic carbocycles. The molecule has 140 valence electrons. The maximum Gasteiger partial charge on any atom is 0.227 e. The molecule has 0 unspecified atom stereocenters. The lowest BCUT2D eigenvalue weighted by atomic mass is 10.2. The number of carbonyl (C=O) groups excluding carboxylic acids is 1. The van der Waals surface area contributed by atoms with Gasteiger partial charge in [-0.15, -0.1) is 0 Å². The first-order valence-corrected chi connectivity index (χ1v) is 9.11. The molecule has 0 aliphatic heterocycles. The zero-order valence-corrected chi connectivity index (χ0v) is 16.0. The van der Waals surface area contributed by atoms with Gasteiger partial charge in [-0.05, 0) is 49.4 Å². The molecule has 0 atom stereocenters. The SMILES string of the molecule is CCOc1ccc(-c2noc(CCC(=O)Nc3ccc(Cl)c(Cl)c3)n2)cc1. The lowest BCUT2D eigenvalue weighted by Gasteiger charge is -2.05. The Bertz CT molecular complexity index is 926. The highest BCUT2D eigenvalue weighted by Gasteiger charge is 2.11. The minimum atomic E-state index is -0.186. The van der Waals surface area contributed by atoms with Gasteiger partial charge < -0.3 is 14.6 Å². The summed E-state index contributed by atoms with van der Waals surface area (Å²) in [4.78, 5) is 16.4. The Kier molecular flexibility index (Phi) is 6.32. The first kappa shape index (κ1) is 19.2. The number of benzene rings is 2. The highest BCUT2D eigenvalue weighted by molar-refractivity contribution is 6.42. The molecule has 3 aromatic rings. The quantitative estimate of drug-likeness (QED) is 0.597. The van der Waals surface area contributed by atoms with Crippen LogP contribution in [0.1, 0.15) is 19.2 Å². The van der Waals surface area contributed by atoms with E-state index in [-0.39, 0.29) is 12.3 Å².